The van der Waals surface area contributed by atoms with Crippen LogP contribution in [0.25, 0.3) is 0 Å². The summed E-state index contributed by atoms with van der Waals surface area (Å²) in [6.45, 7) is 7.40. The minimum Gasteiger partial charge on any atom is -0.232 e. The zero-order valence-electron chi connectivity index (χ0n) is 6.56. The van der Waals surface area contributed by atoms with E-state index in [1.54, 1.807) is 0 Å². The monoisotopic (exact) mass is 161 g/mol. The molecular formula is C8H14ClO. The zero-order chi connectivity index (χ0) is 8.15. The highest BCUT2D eigenvalue weighted by atomic mass is 35.5. The van der Waals surface area contributed by atoms with Gasteiger partial charge in [-0.2, -0.15) is 0 Å². The van der Waals surface area contributed by atoms with Crippen LogP contribution in [0.3, 0.4) is 0 Å². The predicted molar refractivity (Wildman–Crippen MR) is 43.8 cm³/mol. The van der Waals surface area contributed by atoms with Gasteiger partial charge in [-0.3, -0.25) is 0 Å². The molecule has 0 rings (SSSR count). The fraction of sp³-hybridized carbons (Fsp3) is 0.750. The molecule has 2 atom stereocenters. The fourth-order valence-electron chi connectivity index (χ4n) is 0.644. The van der Waals surface area contributed by atoms with E-state index in [1.165, 1.54) is 0 Å². The van der Waals surface area contributed by atoms with Gasteiger partial charge in [0, 0.05) is 5.88 Å². The Labute approximate surface area is 67.7 Å². The third kappa shape index (κ3) is 3.91. The second-order valence-electron chi connectivity index (χ2n) is 2.83. The number of alkyl halides is 1. The Morgan fingerprint density at radius 3 is 2.50 bits per heavy atom. The van der Waals surface area contributed by atoms with E-state index < -0.39 is 6.10 Å². The molecule has 0 aliphatic rings. The molecule has 0 saturated heterocycles. The van der Waals surface area contributed by atoms with E-state index in [2.05, 4.69) is 6.58 Å². The molecule has 0 saturated carbocycles. The van der Waals surface area contributed by atoms with Crippen molar-refractivity contribution in [3.05, 3.63) is 12.2 Å². The highest BCUT2D eigenvalue weighted by Crippen LogP contribution is 2.12. The Balaban J connectivity index is 3.61. The van der Waals surface area contributed by atoms with Crippen LogP contribution in [-0.2, 0) is 5.11 Å². The number of rotatable bonds is 4. The van der Waals surface area contributed by atoms with Gasteiger partial charge >= 0.3 is 0 Å². The van der Waals surface area contributed by atoms with Crippen LogP contribution in [0.1, 0.15) is 20.3 Å². The Hall–Kier alpha value is -0.0100. The van der Waals surface area contributed by atoms with Crippen LogP contribution in [0.2, 0.25) is 0 Å². The SMILES string of the molecule is C=C(C)CC([O])C(C)CCl. The topological polar surface area (TPSA) is 19.9 Å². The minimum atomic E-state index is -0.574. The Morgan fingerprint density at radius 1 is 1.70 bits per heavy atom. The standard InChI is InChI=1S/C8H14ClO/c1-6(2)4-8(10)7(3)5-9/h7-8H,1,4-5H2,2-3H3. The third-order valence-electron chi connectivity index (χ3n) is 1.43. The molecule has 0 aliphatic heterocycles. The number of hydrogen-bond donors (Lipinski definition) is 0. The van der Waals surface area contributed by atoms with E-state index in [0.717, 1.165) is 5.57 Å². The van der Waals surface area contributed by atoms with Crippen LogP contribution >= 0.6 is 11.6 Å². The predicted octanol–water partition coefficient (Wildman–Crippen LogP) is 2.63. The van der Waals surface area contributed by atoms with Crippen LogP contribution < -0.4 is 0 Å². The second kappa shape index (κ2) is 4.75. The van der Waals surface area contributed by atoms with Crippen molar-refractivity contribution in [2.45, 2.75) is 26.4 Å². The minimum absolute atomic E-state index is 0.0540. The highest BCUT2D eigenvalue weighted by Gasteiger charge is 2.14. The normalized spacial score (nSPS) is 16.4. The molecule has 0 aromatic carbocycles. The van der Waals surface area contributed by atoms with Crippen LogP contribution in [0.5, 0.6) is 0 Å². The first-order chi connectivity index (χ1) is 4.57. The molecule has 10 heavy (non-hydrogen) atoms. The average molecular weight is 162 g/mol. The van der Waals surface area contributed by atoms with Crippen molar-refractivity contribution in [3.63, 3.8) is 0 Å². The lowest BCUT2D eigenvalue weighted by Crippen LogP contribution is -2.17. The van der Waals surface area contributed by atoms with Gasteiger partial charge in [0.1, 0.15) is 6.10 Å². The Kier molecular flexibility index (Phi) is 4.75. The maximum atomic E-state index is 11.1. The van der Waals surface area contributed by atoms with E-state index >= 15 is 0 Å². The van der Waals surface area contributed by atoms with Gasteiger partial charge in [-0.15, -0.1) is 18.2 Å². The lowest BCUT2D eigenvalue weighted by Gasteiger charge is -2.12. The van der Waals surface area contributed by atoms with Crippen LogP contribution in [-0.4, -0.2) is 12.0 Å². The van der Waals surface area contributed by atoms with Crippen molar-refractivity contribution < 1.29 is 5.11 Å². The van der Waals surface area contributed by atoms with Gasteiger partial charge < -0.3 is 0 Å². The molecule has 0 spiro atoms. The zero-order valence-corrected chi connectivity index (χ0v) is 7.32. The molecule has 0 N–H and O–H groups in total. The second-order valence-corrected chi connectivity index (χ2v) is 3.14. The summed E-state index contributed by atoms with van der Waals surface area (Å²) < 4.78 is 0. The highest BCUT2D eigenvalue weighted by molar-refractivity contribution is 6.18. The van der Waals surface area contributed by atoms with Crippen molar-refractivity contribution in [2.75, 3.05) is 5.88 Å². The van der Waals surface area contributed by atoms with Gasteiger partial charge in [0.05, 0.1) is 0 Å². The third-order valence-corrected chi connectivity index (χ3v) is 1.91. The van der Waals surface area contributed by atoms with Gasteiger partial charge in [-0.1, -0.05) is 12.5 Å². The lowest BCUT2D eigenvalue weighted by atomic mass is 10.0. The molecule has 1 radical (unpaired) electrons. The van der Waals surface area contributed by atoms with Crippen molar-refractivity contribution in [1.82, 2.24) is 0 Å². The number of hydrogen-bond acceptors (Lipinski definition) is 0. The van der Waals surface area contributed by atoms with Gasteiger partial charge in [-0.25, -0.2) is 5.11 Å². The summed E-state index contributed by atoms with van der Waals surface area (Å²) in [5.41, 5.74) is 0.942. The molecule has 0 amide bonds. The molecule has 2 heteroatoms. The largest absolute Gasteiger partial charge is 0.232 e. The molecule has 1 nitrogen and oxygen atoms in total. The summed E-state index contributed by atoms with van der Waals surface area (Å²) in [4.78, 5) is 0. The first kappa shape index (κ1) is 9.99. The molecule has 0 heterocycles. The van der Waals surface area contributed by atoms with E-state index in [1.807, 2.05) is 13.8 Å². The van der Waals surface area contributed by atoms with E-state index in [9.17, 15) is 5.11 Å². The summed E-state index contributed by atoms with van der Waals surface area (Å²) in [5, 5.41) is 11.1. The first-order valence-corrected chi connectivity index (χ1v) is 3.97. The van der Waals surface area contributed by atoms with Crippen molar-refractivity contribution in [1.29, 1.82) is 0 Å². The van der Waals surface area contributed by atoms with Crippen molar-refractivity contribution in [2.24, 2.45) is 5.92 Å². The summed E-state index contributed by atoms with van der Waals surface area (Å²) in [7, 11) is 0. The average Bonchev–Trinajstić information content (AvgIpc) is 1.85. The molecule has 0 aromatic heterocycles. The van der Waals surface area contributed by atoms with E-state index in [-0.39, 0.29) is 5.92 Å². The van der Waals surface area contributed by atoms with Crippen molar-refractivity contribution >= 4 is 11.6 Å². The maximum Gasteiger partial charge on any atom is 0.100 e. The first-order valence-electron chi connectivity index (χ1n) is 3.44. The maximum absolute atomic E-state index is 11.1. The van der Waals surface area contributed by atoms with Crippen LogP contribution in [0.4, 0.5) is 0 Å². The van der Waals surface area contributed by atoms with Gasteiger partial charge in [0.15, 0.2) is 0 Å². The van der Waals surface area contributed by atoms with Crippen LogP contribution in [0.15, 0.2) is 12.2 Å². The van der Waals surface area contributed by atoms with E-state index in [4.69, 9.17) is 11.6 Å². The summed E-state index contributed by atoms with van der Waals surface area (Å²) in [6.07, 6.45) is -0.0246. The molecule has 0 aliphatic carbocycles. The molecule has 59 valence electrons. The fourth-order valence-corrected chi connectivity index (χ4v) is 0.843. The summed E-state index contributed by atoms with van der Waals surface area (Å²) in [6, 6.07) is 0. The molecule has 0 bridgehead atoms. The van der Waals surface area contributed by atoms with Gasteiger partial charge in [-0.05, 0) is 19.3 Å². The number of halogens is 1. The summed E-state index contributed by atoms with van der Waals surface area (Å²) >= 11 is 5.50. The molecule has 2 unspecified atom stereocenters. The molecular weight excluding hydrogens is 148 g/mol. The van der Waals surface area contributed by atoms with Gasteiger partial charge in [0.25, 0.3) is 0 Å². The van der Waals surface area contributed by atoms with Gasteiger partial charge in [0.2, 0.25) is 0 Å². The smallest absolute Gasteiger partial charge is 0.100 e. The Morgan fingerprint density at radius 2 is 2.20 bits per heavy atom. The quantitative estimate of drug-likeness (QED) is 0.446. The van der Waals surface area contributed by atoms with Crippen LogP contribution in [0, 0.1) is 5.92 Å². The summed E-state index contributed by atoms with van der Waals surface area (Å²) in [5.74, 6) is 0.500. The lowest BCUT2D eigenvalue weighted by molar-refractivity contribution is 0.0515. The Bertz CT molecular complexity index is 112. The van der Waals surface area contributed by atoms with E-state index in [0.29, 0.717) is 12.3 Å². The van der Waals surface area contributed by atoms with Crippen molar-refractivity contribution in [3.8, 4) is 0 Å². The molecule has 0 fully saturated rings. The molecule has 0 aromatic rings.